The molecule has 0 spiro atoms. The minimum Gasteiger partial charge on any atom is -0.369 e. The summed E-state index contributed by atoms with van der Waals surface area (Å²) >= 11 is 0. The summed E-state index contributed by atoms with van der Waals surface area (Å²) < 4.78 is 0. The van der Waals surface area contributed by atoms with Gasteiger partial charge in [-0.3, -0.25) is 0 Å². The minimum atomic E-state index is 0.957. The molecule has 0 saturated carbocycles. The van der Waals surface area contributed by atoms with Crippen LogP contribution in [0.25, 0.3) is 0 Å². The number of likely N-dealkylation sites (N-methyl/N-ethyl adjacent to an activating group) is 1. The molecule has 0 radical (unpaired) electrons. The molecule has 15 heavy (non-hydrogen) atoms. The topological polar surface area (TPSA) is 28.2 Å². The average molecular weight is 205 g/mol. The van der Waals surface area contributed by atoms with Crippen LogP contribution in [0.15, 0.2) is 12.1 Å². The van der Waals surface area contributed by atoms with Crippen molar-refractivity contribution in [1.82, 2.24) is 9.88 Å². The molecule has 1 N–H and O–H groups in total. The van der Waals surface area contributed by atoms with Crippen molar-refractivity contribution in [2.75, 3.05) is 32.5 Å². The third kappa shape index (κ3) is 2.69. The van der Waals surface area contributed by atoms with Crippen LogP contribution in [0, 0.1) is 0 Å². The zero-order valence-electron chi connectivity index (χ0n) is 9.58. The first-order valence-electron chi connectivity index (χ1n) is 5.63. The van der Waals surface area contributed by atoms with Crippen molar-refractivity contribution >= 4 is 5.82 Å². The van der Waals surface area contributed by atoms with E-state index in [9.17, 15) is 0 Å². The Labute approximate surface area is 91.5 Å². The molecule has 1 heterocycles. The van der Waals surface area contributed by atoms with Crippen molar-refractivity contribution in [2.45, 2.75) is 19.3 Å². The maximum atomic E-state index is 4.62. The molecule has 0 fully saturated rings. The number of nitrogens with zero attached hydrogens (tertiary/aromatic N) is 2. The van der Waals surface area contributed by atoms with Gasteiger partial charge in [0.05, 0.1) is 0 Å². The van der Waals surface area contributed by atoms with Gasteiger partial charge < -0.3 is 10.2 Å². The van der Waals surface area contributed by atoms with Crippen LogP contribution in [0.2, 0.25) is 0 Å². The van der Waals surface area contributed by atoms with Crippen molar-refractivity contribution < 1.29 is 0 Å². The van der Waals surface area contributed by atoms with Crippen molar-refractivity contribution in [3.8, 4) is 0 Å². The van der Waals surface area contributed by atoms with Crippen molar-refractivity contribution in [3.63, 3.8) is 0 Å². The number of aromatic nitrogens is 1. The molecule has 0 aliphatic heterocycles. The number of anilines is 1. The molecular formula is C12H19N3. The van der Waals surface area contributed by atoms with E-state index in [1.54, 1.807) is 0 Å². The molecule has 0 bridgehead atoms. The van der Waals surface area contributed by atoms with E-state index in [1.807, 2.05) is 0 Å². The lowest BCUT2D eigenvalue weighted by atomic mass is 10.2. The molecule has 0 saturated heterocycles. The maximum Gasteiger partial charge on any atom is 0.126 e. The molecule has 1 aliphatic carbocycles. The minimum absolute atomic E-state index is 0.957. The van der Waals surface area contributed by atoms with Crippen LogP contribution < -0.4 is 5.32 Å². The van der Waals surface area contributed by atoms with Crippen LogP contribution in [0.5, 0.6) is 0 Å². The Morgan fingerprint density at radius 3 is 3.00 bits per heavy atom. The van der Waals surface area contributed by atoms with Gasteiger partial charge in [0.1, 0.15) is 5.82 Å². The van der Waals surface area contributed by atoms with Gasteiger partial charge in [-0.2, -0.15) is 0 Å². The van der Waals surface area contributed by atoms with Gasteiger partial charge in [-0.1, -0.05) is 6.07 Å². The summed E-state index contributed by atoms with van der Waals surface area (Å²) in [5, 5.41) is 3.35. The third-order valence-corrected chi connectivity index (χ3v) is 2.79. The number of nitrogens with one attached hydrogen (secondary N) is 1. The van der Waals surface area contributed by atoms with Gasteiger partial charge in [0.25, 0.3) is 0 Å². The normalized spacial score (nSPS) is 14.3. The highest BCUT2D eigenvalue weighted by Gasteiger charge is 2.11. The average Bonchev–Trinajstić information content (AvgIpc) is 2.64. The Balaban J connectivity index is 1.92. The Bertz CT molecular complexity index is 334. The highest BCUT2D eigenvalue weighted by molar-refractivity contribution is 5.40. The fourth-order valence-corrected chi connectivity index (χ4v) is 1.93. The van der Waals surface area contributed by atoms with Gasteiger partial charge in [0.15, 0.2) is 0 Å². The number of rotatable bonds is 4. The van der Waals surface area contributed by atoms with Gasteiger partial charge in [-0.05, 0) is 45.0 Å². The van der Waals surface area contributed by atoms with E-state index >= 15 is 0 Å². The van der Waals surface area contributed by atoms with E-state index < -0.39 is 0 Å². The van der Waals surface area contributed by atoms with Crippen LogP contribution in [0.4, 0.5) is 5.82 Å². The van der Waals surface area contributed by atoms with E-state index in [4.69, 9.17) is 0 Å². The summed E-state index contributed by atoms with van der Waals surface area (Å²) in [7, 11) is 4.16. The summed E-state index contributed by atoms with van der Waals surface area (Å²) in [5.74, 6) is 1.03. The number of fused-ring (bicyclic) bond motifs is 1. The second-order valence-electron chi connectivity index (χ2n) is 4.39. The van der Waals surface area contributed by atoms with Crippen molar-refractivity contribution in [2.24, 2.45) is 0 Å². The fourth-order valence-electron chi connectivity index (χ4n) is 1.93. The molecule has 0 unspecified atom stereocenters. The number of hydrogen-bond acceptors (Lipinski definition) is 3. The molecule has 1 aromatic heterocycles. The first kappa shape index (κ1) is 10.4. The molecule has 1 aliphatic rings. The molecular weight excluding hydrogens is 186 g/mol. The van der Waals surface area contributed by atoms with Gasteiger partial charge in [0.2, 0.25) is 0 Å². The molecule has 3 nitrogen and oxygen atoms in total. The number of aryl methyl sites for hydroxylation is 2. The third-order valence-electron chi connectivity index (χ3n) is 2.79. The van der Waals surface area contributed by atoms with E-state index in [0.717, 1.165) is 25.3 Å². The standard InChI is InChI=1S/C12H19N3/c1-15(2)9-8-13-12-7-6-10-4-3-5-11(10)14-12/h6-7H,3-5,8-9H2,1-2H3,(H,13,14). The van der Waals surface area contributed by atoms with Gasteiger partial charge in [-0.15, -0.1) is 0 Å². The monoisotopic (exact) mass is 205 g/mol. The van der Waals surface area contributed by atoms with Crippen LogP contribution in [-0.4, -0.2) is 37.1 Å². The Morgan fingerprint density at radius 2 is 2.20 bits per heavy atom. The van der Waals surface area contributed by atoms with Gasteiger partial charge >= 0.3 is 0 Å². The predicted octanol–water partition coefficient (Wildman–Crippen LogP) is 1.54. The van der Waals surface area contributed by atoms with Crippen LogP contribution in [-0.2, 0) is 12.8 Å². The van der Waals surface area contributed by atoms with Crippen LogP contribution in [0.1, 0.15) is 17.7 Å². The summed E-state index contributed by atoms with van der Waals surface area (Å²) in [5.41, 5.74) is 2.73. The molecule has 0 aromatic carbocycles. The zero-order chi connectivity index (χ0) is 10.7. The van der Waals surface area contributed by atoms with Crippen molar-refractivity contribution in [1.29, 1.82) is 0 Å². The van der Waals surface area contributed by atoms with E-state index in [1.165, 1.54) is 24.1 Å². The van der Waals surface area contributed by atoms with E-state index in [2.05, 4.69) is 41.4 Å². The predicted molar refractivity (Wildman–Crippen MR) is 63.3 cm³/mol. The fraction of sp³-hybridized carbons (Fsp3) is 0.583. The van der Waals surface area contributed by atoms with Gasteiger partial charge in [0, 0.05) is 18.8 Å². The highest BCUT2D eigenvalue weighted by Crippen LogP contribution is 2.21. The summed E-state index contributed by atoms with van der Waals surface area (Å²) in [4.78, 5) is 6.79. The molecule has 1 aromatic rings. The largest absolute Gasteiger partial charge is 0.369 e. The zero-order valence-corrected chi connectivity index (χ0v) is 9.58. The molecule has 0 amide bonds. The second-order valence-corrected chi connectivity index (χ2v) is 4.39. The SMILES string of the molecule is CN(C)CCNc1ccc2c(n1)CCC2. The first-order chi connectivity index (χ1) is 7.25. The lowest BCUT2D eigenvalue weighted by molar-refractivity contribution is 0.425. The quantitative estimate of drug-likeness (QED) is 0.808. The Hall–Kier alpha value is -1.09. The first-order valence-corrected chi connectivity index (χ1v) is 5.63. The summed E-state index contributed by atoms with van der Waals surface area (Å²) in [6, 6.07) is 4.31. The smallest absolute Gasteiger partial charge is 0.126 e. The summed E-state index contributed by atoms with van der Waals surface area (Å²) in [6.07, 6.45) is 3.63. The Kier molecular flexibility index (Phi) is 3.21. The number of pyridine rings is 1. The van der Waals surface area contributed by atoms with Crippen LogP contribution in [0.3, 0.4) is 0 Å². The molecule has 3 heteroatoms. The second kappa shape index (κ2) is 4.62. The van der Waals surface area contributed by atoms with Crippen molar-refractivity contribution in [3.05, 3.63) is 23.4 Å². The summed E-state index contributed by atoms with van der Waals surface area (Å²) in [6.45, 7) is 2.00. The van der Waals surface area contributed by atoms with E-state index in [0.29, 0.717) is 0 Å². The van der Waals surface area contributed by atoms with E-state index in [-0.39, 0.29) is 0 Å². The highest BCUT2D eigenvalue weighted by atomic mass is 15.1. The Morgan fingerprint density at radius 1 is 1.33 bits per heavy atom. The lowest BCUT2D eigenvalue weighted by Gasteiger charge is -2.11. The van der Waals surface area contributed by atoms with Crippen LogP contribution >= 0.6 is 0 Å². The molecule has 82 valence electrons. The molecule has 2 rings (SSSR count). The molecule has 0 atom stereocenters. The van der Waals surface area contributed by atoms with Gasteiger partial charge in [-0.25, -0.2) is 4.98 Å². The number of hydrogen-bond donors (Lipinski definition) is 1. The maximum absolute atomic E-state index is 4.62. The lowest BCUT2D eigenvalue weighted by Crippen LogP contribution is -2.21.